The largest absolute Gasteiger partial charge is 0.493 e. The van der Waals surface area contributed by atoms with E-state index in [0.29, 0.717) is 36.2 Å². The average molecular weight is 489 g/mol. The molecule has 7 nitrogen and oxygen atoms in total. The van der Waals surface area contributed by atoms with Crippen LogP contribution >= 0.6 is 0 Å². The van der Waals surface area contributed by atoms with Crippen LogP contribution in [0.5, 0.6) is 17.2 Å². The predicted octanol–water partition coefficient (Wildman–Crippen LogP) is 6.35. The summed E-state index contributed by atoms with van der Waals surface area (Å²) in [6.45, 7) is 13.4. The van der Waals surface area contributed by atoms with Gasteiger partial charge in [-0.25, -0.2) is 0 Å². The van der Waals surface area contributed by atoms with Gasteiger partial charge >= 0.3 is 0 Å². The maximum absolute atomic E-state index is 7.82. The minimum Gasteiger partial charge on any atom is -0.493 e. The normalized spacial score (nSPS) is 15.7. The summed E-state index contributed by atoms with van der Waals surface area (Å²) in [5, 5.41) is 8.68. The van der Waals surface area contributed by atoms with Crippen LogP contribution in [0.1, 0.15) is 43.4 Å². The zero-order chi connectivity index (χ0) is 25.1. The molecule has 2 aliphatic rings. The van der Waals surface area contributed by atoms with Crippen LogP contribution < -0.4 is 14.2 Å². The lowest BCUT2D eigenvalue weighted by Crippen LogP contribution is -2.34. The molecule has 0 aliphatic carbocycles. The Morgan fingerprint density at radius 1 is 1.08 bits per heavy atom. The highest BCUT2D eigenvalue weighted by molar-refractivity contribution is 5.94. The third-order valence-electron chi connectivity index (χ3n) is 6.74. The molecule has 1 N–H and O–H groups in total. The van der Waals surface area contributed by atoms with Gasteiger partial charge < -0.3 is 28.3 Å². The van der Waals surface area contributed by atoms with E-state index in [2.05, 4.69) is 30.2 Å². The summed E-state index contributed by atoms with van der Waals surface area (Å²) in [4.78, 5) is 2.52. The molecule has 5 rings (SSSR count). The first-order valence-electron chi connectivity index (χ1n) is 12.4. The standard InChI is InChI=1S/C29H32N2O5/c1-19(2)29(30)35-20(3)27-17-23-24(6-4-7-25(23)36-27)32-15-5-12-31-13-10-21(11-14-31)22-8-9-26-28(16-22)34-18-33-26/h4,6-9,16-17,21,30H,1,3,5,10-15,18H2,2H3. The van der Waals surface area contributed by atoms with Crippen LogP contribution in [0.25, 0.3) is 16.7 Å². The van der Waals surface area contributed by atoms with Crippen molar-refractivity contribution in [3.8, 4) is 17.2 Å². The van der Waals surface area contributed by atoms with Gasteiger partial charge in [0.15, 0.2) is 23.0 Å². The van der Waals surface area contributed by atoms with Crippen LogP contribution in [0, 0.1) is 5.41 Å². The minimum atomic E-state index is -0.0307. The van der Waals surface area contributed by atoms with E-state index in [0.717, 1.165) is 61.5 Å². The predicted molar refractivity (Wildman–Crippen MR) is 140 cm³/mol. The number of nitrogens with zero attached hydrogens (tertiary/aromatic N) is 1. The molecule has 0 spiro atoms. The molecule has 188 valence electrons. The number of furan rings is 1. The number of piperidine rings is 1. The third kappa shape index (κ3) is 5.26. The highest BCUT2D eigenvalue weighted by Gasteiger charge is 2.23. The van der Waals surface area contributed by atoms with E-state index in [9.17, 15) is 0 Å². The van der Waals surface area contributed by atoms with Crippen LogP contribution in [0.3, 0.4) is 0 Å². The van der Waals surface area contributed by atoms with Crippen molar-refractivity contribution in [3.05, 3.63) is 72.5 Å². The summed E-state index contributed by atoms with van der Waals surface area (Å²) in [6.07, 6.45) is 3.24. The van der Waals surface area contributed by atoms with E-state index in [4.69, 9.17) is 28.8 Å². The van der Waals surface area contributed by atoms with Crippen molar-refractivity contribution in [1.29, 1.82) is 5.41 Å². The quantitative estimate of drug-likeness (QED) is 0.164. The van der Waals surface area contributed by atoms with Crippen LogP contribution in [0.2, 0.25) is 0 Å². The monoisotopic (exact) mass is 488 g/mol. The van der Waals surface area contributed by atoms with Gasteiger partial charge in [-0.1, -0.05) is 25.3 Å². The lowest BCUT2D eigenvalue weighted by atomic mass is 9.89. The van der Waals surface area contributed by atoms with E-state index in [1.54, 1.807) is 6.92 Å². The second-order valence-electron chi connectivity index (χ2n) is 9.34. The molecule has 1 aromatic heterocycles. The zero-order valence-corrected chi connectivity index (χ0v) is 20.7. The molecule has 0 atom stereocenters. The molecule has 0 unspecified atom stereocenters. The minimum absolute atomic E-state index is 0.0307. The third-order valence-corrected chi connectivity index (χ3v) is 6.74. The van der Waals surface area contributed by atoms with Gasteiger partial charge in [0.25, 0.3) is 0 Å². The van der Waals surface area contributed by atoms with Gasteiger partial charge in [-0.15, -0.1) is 0 Å². The zero-order valence-electron chi connectivity index (χ0n) is 20.7. The Hall–Kier alpha value is -3.71. The molecule has 3 heterocycles. The van der Waals surface area contributed by atoms with Gasteiger partial charge in [0.05, 0.1) is 12.0 Å². The van der Waals surface area contributed by atoms with Gasteiger partial charge in [-0.3, -0.25) is 5.41 Å². The molecule has 2 aromatic carbocycles. The first kappa shape index (κ1) is 24.0. The van der Waals surface area contributed by atoms with Crippen molar-refractivity contribution < 1.29 is 23.4 Å². The van der Waals surface area contributed by atoms with Crippen LogP contribution in [0.4, 0.5) is 0 Å². The van der Waals surface area contributed by atoms with Crippen molar-refractivity contribution in [3.63, 3.8) is 0 Å². The van der Waals surface area contributed by atoms with E-state index < -0.39 is 0 Å². The fourth-order valence-electron chi connectivity index (χ4n) is 4.69. The molecule has 0 radical (unpaired) electrons. The number of hydrogen-bond acceptors (Lipinski definition) is 7. The summed E-state index contributed by atoms with van der Waals surface area (Å²) >= 11 is 0. The number of ether oxygens (including phenoxy) is 4. The molecule has 3 aromatic rings. The van der Waals surface area contributed by atoms with Gasteiger partial charge in [0.2, 0.25) is 12.7 Å². The summed E-state index contributed by atoms with van der Waals surface area (Å²) in [6, 6.07) is 13.9. The SMILES string of the molecule is C=C(C)C(=N)OC(=C)c1cc2c(OCCCN3CCC(c4ccc5c(c4)OCO5)CC3)cccc2o1. The number of fused-ring (bicyclic) bond motifs is 2. The number of hydrogen-bond donors (Lipinski definition) is 1. The molecule has 1 fully saturated rings. The Morgan fingerprint density at radius 2 is 1.89 bits per heavy atom. The average Bonchev–Trinajstić information content (AvgIpc) is 3.54. The summed E-state index contributed by atoms with van der Waals surface area (Å²) < 4.78 is 28.4. The number of rotatable bonds is 9. The Labute approximate surface area is 211 Å². The van der Waals surface area contributed by atoms with Crippen molar-refractivity contribution in [2.24, 2.45) is 0 Å². The van der Waals surface area contributed by atoms with Crippen molar-refractivity contribution in [2.45, 2.75) is 32.1 Å². The van der Waals surface area contributed by atoms with E-state index in [1.165, 1.54) is 5.56 Å². The molecule has 0 saturated carbocycles. The molecule has 0 bridgehead atoms. The van der Waals surface area contributed by atoms with E-state index >= 15 is 0 Å². The lowest BCUT2D eigenvalue weighted by Gasteiger charge is -2.32. The van der Waals surface area contributed by atoms with Crippen molar-refractivity contribution in [1.82, 2.24) is 4.90 Å². The highest BCUT2D eigenvalue weighted by Crippen LogP contribution is 2.37. The Bertz CT molecular complexity index is 1290. The first-order chi connectivity index (χ1) is 17.5. The van der Waals surface area contributed by atoms with Crippen molar-refractivity contribution in [2.75, 3.05) is 33.0 Å². The topological polar surface area (TPSA) is 77.2 Å². The van der Waals surface area contributed by atoms with Crippen LogP contribution in [-0.4, -0.2) is 43.8 Å². The molecule has 0 amide bonds. The van der Waals surface area contributed by atoms with E-state index in [1.807, 2.05) is 30.3 Å². The van der Waals surface area contributed by atoms with Crippen LogP contribution in [0.15, 0.2) is 65.6 Å². The lowest BCUT2D eigenvalue weighted by molar-refractivity contribution is 0.173. The highest BCUT2D eigenvalue weighted by atomic mass is 16.7. The summed E-state index contributed by atoms with van der Waals surface area (Å²) in [5.41, 5.74) is 2.56. The van der Waals surface area contributed by atoms with Crippen molar-refractivity contribution >= 4 is 22.6 Å². The molecule has 7 heteroatoms. The van der Waals surface area contributed by atoms with Gasteiger partial charge in [0, 0.05) is 12.1 Å². The smallest absolute Gasteiger partial charge is 0.231 e. The Kier molecular flexibility index (Phi) is 7.00. The molecule has 36 heavy (non-hydrogen) atoms. The molecular formula is C29H32N2O5. The van der Waals surface area contributed by atoms with Gasteiger partial charge in [-0.2, -0.15) is 0 Å². The number of likely N-dealkylation sites (tertiary alicyclic amines) is 1. The maximum Gasteiger partial charge on any atom is 0.231 e. The first-order valence-corrected chi connectivity index (χ1v) is 12.4. The Morgan fingerprint density at radius 3 is 2.69 bits per heavy atom. The number of benzene rings is 2. The van der Waals surface area contributed by atoms with E-state index in [-0.39, 0.29) is 11.7 Å². The second-order valence-corrected chi connectivity index (χ2v) is 9.34. The Balaban J connectivity index is 1.10. The van der Waals surface area contributed by atoms with Gasteiger partial charge in [0.1, 0.15) is 11.3 Å². The van der Waals surface area contributed by atoms with Gasteiger partial charge in [-0.05, 0) is 81.1 Å². The fourth-order valence-corrected chi connectivity index (χ4v) is 4.69. The molecular weight excluding hydrogens is 456 g/mol. The summed E-state index contributed by atoms with van der Waals surface area (Å²) in [7, 11) is 0. The maximum atomic E-state index is 7.82. The second kappa shape index (κ2) is 10.5. The molecule has 1 saturated heterocycles. The van der Waals surface area contributed by atoms with Crippen LogP contribution in [-0.2, 0) is 4.74 Å². The molecule has 2 aliphatic heterocycles. The fraction of sp³-hybridized carbons (Fsp3) is 0.345. The number of nitrogens with one attached hydrogen (secondary N) is 1. The summed E-state index contributed by atoms with van der Waals surface area (Å²) in [5.74, 6) is 3.77.